The highest BCUT2D eigenvalue weighted by molar-refractivity contribution is 4.66. The fraction of sp³-hybridized carbons (Fsp3) is 1.00. The molecule has 3 nitrogen and oxygen atoms in total. The minimum Gasteiger partial charge on any atom is -0.368 e. The number of hydrogen-bond acceptors (Lipinski definition) is 3. The molecule has 0 amide bonds. The van der Waals surface area contributed by atoms with Crippen molar-refractivity contribution in [1.29, 1.82) is 0 Å². The largest absolute Gasteiger partial charge is 0.368 e. The molecule has 0 aromatic heterocycles. The molecule has 0 aliphatic carbocycles. The highest BCUT2D eigenvalue weighted by Gasteiger charge is 2.20. The first kappa shape index (κ1) is 6.01. The first-order chi connectivity index (χ1) is 3.83. The van der Waals surface area contributed by atoms with Crippen LogP contribution in [0, 0.1) is 0 Å². The number of aliphatic hydroxyl groups is 1. The Morgan fingerprint density at radius 3 is 2.62 bits per heavy atom. The quantitative estimate of drug-likeness (QED) is 0.484. The lowest BCUT2D eigenvalue weighted by Gasteiger charge is -2.04. The van der Waals surface area contributed by atoms with Crippen LogP contribution >= 0.6 is 0 Å². The molecule has 1 unspecified atom stereocenters. The maximum atomic E-state index is 8.75. The lowest BCUT2D eigenvalue weighted by molar-refractivity contribution is -0.0872. The van der Waals surface area contributed by atoms with Crippen molar-refractivity contribution in [2.24, 2.45) is 5.73 Å². The van der Waals surface area contributed by atoms with E-state index in [1.807, 2.05) is 0 Å². The molecule has 0 saturated carbocycles. The van der Waals surface area contributed by atoms with Gasteiger partial charge in [0.05, 0.1) is 6.10 Å². The van der Waals surface area contributed by atoms with Crippen LogP contribution in [0.3, 0.4) is 0 Å². The Labute approximate surface area is 48.4 Å². The SMILES string of the molecule is NCC1CC[C@@H](O)O1. The van der Waals surface area contributed by atoms with E-state index in [1.165, 1.54) is 0 Å². The molecule has 0 radical (unpaired) electrons. The molecule has 8 heavy (non-hydrogen) atoms. The van der Waals surface area contributed by atoms with Crippen molar-refractivity contribution in [3.05, 3.63) is 0 Å². The predicted molar refractivity (Wildman–Crippen MR) is 29.2 cm³/mol. The van der Waals surface area contributed by atoms with E-state index in [-0.39, 0.29) is 6.10 Å². The van der Waals surface area contributed by atoms with E-state index >= 15 is 0 Å². The molecule has 0 aromatic carbocycles. The highest BCUT2D eigenvalue weighted by Crippen LogP contribution is 2.15. The summed E-state index contributed by atoms with van der Waals surface area (Å²) in [7, 11) is 0. The van der Waals surface area contributed by atoms with Crippen molar-refractivity contribution in [2.45, 2.75) is 25.2 Å². The average Bonchev–Trinajstić information content (AvgIpc) is 2.14. The van der Waals surface area contributed by atoms with Gasteiger partial charge >= 0.3 is 0 Å². The Morgan fingerprint density at radius 2 is 2.38 bits per heavy atom. The smallest absolute Gasteiger partial charge is 0.155 e. The van der Waals surface area contributed by atoms with Crippen molar-refractivity contribution in [2.75, 3.05) is 6.54 Å². The maximum absolute atomic E-state index is 8.75. The topological polar surface area (TPSA) is 55.5 Å². The van der Waals surface area contributed by atoms with Gasteiger partial charge in [-0.3, -0.25) is 0 Å². The molecule has 3 N–H and O–H groups in total. The van der Waals surface area contributed by atoms with Gasteiger partial charge in [-0.05, 0) is 6.42 Å². The summed E-state index contributed by atoms with van der Waals surface area (Å²) in [5.41, 5.74) is 5.26. The van der Waals surface area contributed by atoms with Gasteiger partial charge in [-0.2, -0.15) is 0 Å². The van der Waals surface area contributed by atoms with E-state index in [9.17, 15) is 0 Å². The molecule has 1 saturated heterocycles. The highest BCUT2D eigenvalue weighted by atomic mass is 16.6. The average molecular weight is 117 g/mol. The molecule has 0 bridgehead atoms. The lowest BCUT2D eigenvalue weighted by Crippen LogP contribution is -2.20. The maximum Gasteiger partial charge on any atom is 0.155 e. The number of ether oxygens (including phenoxy) is 1. The number of nitrogens with two attached hydrogens (primary N) is 1. The van der Waals surface area contributed by atoms with Gasteiger partial charge in [0.15, 0.2) is 6.29 Å². The zero-order valence-corrected chi connectivity index (χ0v) is 4.71. The third-order valence-corrected chi connectivity index (χ3v) is 1.35. The number of rotatable bonds is 1. The van der Waals surface area contributed by atoms with Crippen molar-refractivity contribution in [3.63, 3.8) is 0 Å². The van der Waals surface area contributed by atoms with E-state index in [0.717, 1.165) is 12.8 Å². The Morgan fingerprint density at radius 1 is 1.62 bits per heavy atom. The Kier molecular flexibility index (Phi) is 1.83. The zero-order chi connectivity index (χ0) is 5.98. The van der Waals surface area contributed by atoms with Crippen LogP contribution in [-0.2, 0) is 4.74 Å². The van der Waals surface area contributed by atoms with Gasteiger partial charge in [-0.15, -0.1) is 0 Å². The summed E-state index contributed by atoms with van der Waals surface area (Å²) >= 11 is 0. The van der Waals surface area contributed by atoms with Crippen LogP contribution < -0.4 is 5.73 Å². The molecule has 1 heterocycles. The predicted octanol–water partition coefficient (Wildman–Crippen LogP) is -0.558. The van der Waals surface area contributed by atoms with Gasteiger partial charge in [0.2, 0.25) is 0 Å². The summed E-state index contributed by atoms with van der Waals surface area (Å²) in [6.07, 6.45) is 1.19. The fourth-order valence-corrected chi connectivity index (χ4v) is 0.860. The molecular weight excluding hydrogens is 106 g/mol. The Balaban J connectivity index is 2.22. The molecule has 0 spiro atoms. The van der Waals surface area contributed by atoms with Gasteiger partial charge in [-0.1, -0.05) is 0 Å². The first-order valence-electron chi connectivity index (χ1n) is 2.86. The summed E-state index contributed by atoms with van der Waals surface area (Å²) in [5.74, 6) is 0. The van der Waals surface area contributed by atoms with Crippen molar-refractivity contribution in [3.8, 4) is 0 Å². The summed E-state index contributed by atoms with van der Waals surface area (Å²) in [6, 6.07) is 0. The summed E-state index contributed by atoms with van der Waals surface area (Å²) in [6.45, 7) is 0.525. The van der Waals surface area contributed by atoms with Gasteiger partial charge in [0.1, 0.15) is 0 Å². The second-order valence-corrected chi connectivity index (χ2v) is 2.03. The third kappa shape index (κ3) is 1.18. The molecule has 3 heteroatoms. The number of hydrogen-bond donors (Lipinski definition) is 2. The Hall–Kier alpha value is -0.120. The van der Waals surface area contributed by atoms with Gasteiger partial charge in [0.25, 0.3) is 0 Å². The second-order valence-electron chi connectivity index (χ2n) is 2.03. The molecule has 0 aromatic rings. The summed E-state index contributed by atoms with van der Waals surface area (Å²) in [4.78, 5) is 0. The number of aliphatic hydroxyl groups excluding tert-OH is 1. The van der Waals surface area contributed by atoms with Gasteiger partial charge in [-0.25, -0.2) is 0 Å². The van der Waals surface area contributed by atoms with Gasteiger partial charge in [0, 0.05) is 13.0 Å². The summed E-state index contributed by atoms with van der Waals surface area (Å²) in [5, 5.41) is 8.75. The van der Waals surface area contributed by atoms with Crippen LogP contribution in [0.2, 0.25) is 0 Å². The minimum absolute atomic E-state index is 0.102. The molecule has 1 aliphatic heterocycles. The van der Waals surface area contributed by atoms with Crippen LogP contribution in [0.15, 0.2) is 0 Å². The normalized spacial score (nSPS) is 38.2. The molecule has 48 valence electrons. The molecule has 1 fully saturated rings. The molecule has 2 atom stereocenters. The van der Waals surface area contributed by atoms with Crippen molar-refractivity contribution < 1.29 is 9.84 Å². The second kappa shape index (κ2) is 2.44. The van der Waals surface area contributed by atoms with E-state index in [4.69, 9.17) is 15.6 Å². The molecular formula is C5H11NO2. The Bertz CT molecular complexity index is 76.8. The monoisotopic (exact) mass is 117 g/mol. The van der Waals surface area contributed by atoms with Crippen molar-refractivity contribution in [1.82, 2.24) is 0 Å². The van der Waals surface area contributed by atoms with Gasteiger partial charge < -0.3 is 15.6 Å². The van der Waals surface area contributed by atoms with Crippen LogP contribution in [-0.4, -0.2) is 24.0 Å². The van der Waals surface area contributed by atoms with Crippen LogP contribution in [0.1, 0.15) is 12.8 Å². The van der Waals surface area contributed by atoms with E-state index < -0.39 is 6.29 Å². The zero-order valence-electron chi connectivity index (χ0n) is 4.71. The molecule has 1 rings (SSSR count). The van der Waals surface area contributed by atoms with Crippen LogP contribution in [0.4, 0.5) is 0 Å². The standard InChI is InChI=1S/C5H11NO2/c6-3-4-1-2-5(7)8-4/h4-5,7H,1-3,6H2/t4?,5-/m0/s1. The van der Waals surface area contributed by atoms with Crippen LogP contribution in [0.25, 0.3) is 0 Å². The lowest BCUT2D eigenvalue weighted by atomic mass is 10.2. The first-order valence-corrected chi connectivity index (χ1v) is 2.86. The van der Waals surface area contributed by atoms with E-state index in [1.54, 1.807) is 0 Å². The summed E-state index contributed by atoms with van der Waals surface area (Å²) < 4.78 is 4.94. The fourth-order valence-electron chi connectivity index (χ4n) is 0.860. The minimum atomic E-state index is -0.552. The van der Waals surface area contributed by atoms with E-state index in [2.05, 4.69) is 0 Å². The third-order valence-electron chi connectivity index (χ3n) is 1.35. The van der Waals surface area contributed by atoms with Crippen LogP contribution in [0.5, 0.6) is 0 Å². The molecule has 1 aliphatic rings. The van der Waals surface area contributed by atoms with Crippen molar-refractivity contribution >= 4 is 0 Å². The van der Waals surface area contributed by atoms with E-state index in [0.29, 0.717) is 6.54 Å².